The summed E-state index contributed by atoms with van der Waals surface area (Å²) in [5.74, 6) is -2.62. The zero-order valence-electron chi connectivity index (χ0n) is 16.6. The van der Waals surface area contributed by atoms with Crippen molar-refractivity contribution in [3.05, 3.63) is 88.5 Å². The molecule has 0 aromatic heterocycles. The van der Waals surface area contributed by atoms with E-state index in [0.717, 1.165) is 24.3 Å². The van der Waals surface area contributed by atoms with E-state index in [1.165, 1.54) is 37.4 Å². The first-order valence-corrected chi connectivity index (χ1v) is 9.06. The summed E-state index contributed by atoms with van der Waals surface area (Å²) in [4.78, 5) is 25.5. The highest BCUT2D eigenvalue weighted by atomic mass is 19.1. The number of benzene rings is 3. The summed E-state index contributed by atoms with van der Waals surface area (Å²) in [7, 11) is 1.32. The molecule has 32 heavy (non-hydrogen) atoms. The monoisotopic (exact) mass is 432 g/mol. The average molecular weight is 432 g/mol. The summed E-state index contributed by atoms with van der Waals surface area (Å²) >= 11 is 0. The van der Waals surface area contributed by atoms with Crippen molar-refractivity contribution < 1.29 is 23.1 Å². The van der Waals surface area contributed by atoms with Gasteiger partial charge in [0.25, 0.3) is 11.8 Å². The van der Waals surface area contributed by atoms with E-state index in [0.29, 0.717) is 0 Å². The van der Waals surface area contributed by atoms with Crippen LogP contribution in [-0.4, -0.2) is 18.9 Å². The molecule has 3 aromatic rings. The molecule has 0 fully saturated rings. The molecule has 2 amide bonds. The van der Waals surface area contributed by atoms with Crippen LogP contribution in [0.3, 0.4) is 0 Å². The van der Waals surface area contributed by atoms with Crippen LogP contribution in [0.2, 0.25) is 0 Å². The molecule has 158 valence electrons. The molecular weight excluding hydrogens is 418 g/mol. The number of rotatable bonds is 5. The molecule has 0 heterocycles. The fraction of sp³-hybridized carbons (Fsp3) is 0.0435. The third kappa shape index (κ3) is 4.69. The number of hydrogen-bond acceptors (Lipinski definition) is 5. The quantitative estimate of drug-likeness (QED) is 0.626. The molecule has 0 aliphatic heterocycles. The fourth-order valence-corrected chi connectivity index (χ4v) is 2.85. The lowest BCUT2D eigenvalue weighted by molar-refractivity contribution is 0.102. The minimum atomic E-state index is -0.748. The molecule has 0 spiro atoms. The third-order valence-corrected chi connectivity index (χ3v) is 4.41. The molecule has 0 radical (unpaired) electrons. The second-order valence-electron chi connectivity index (χ2n) is 6.43. The maximum Gasteiger partial charge on any atom is 0.259 e. The number of anilines is 2. The Labute approximate surface area is 181 Å². The van der Waals surface area contributed by atoms with Crippen LogP contribution in [-0.2, 0) is 0 Å². The zero-order valence-corrected chi connectivity index (χ0v) is 16.6. The third-order valence-electron chi connectivity index (χ3n) is 4.41. The number of ether oxygens (including phenoxy) is 1. The van der Waals surface area contributed by atoms with Crippen molar-refractivity contribution in [2.75, 3.05) is 17.7 Å². The normalized spacial score (nSPS) is 9.91. The van der Waals surface area contributed by atoms with E-state index in [2.05, 4.69) is 10.6 Å². The lowest BCUT2D eigenvalue weighted by atomic mass is 10.1. The van der Waals surface area contributed by atoms with Crippen LogP contribution < -0.4 is 15.4 Å². The highest BCUT2D eigenvalue weighted by Crippen LogP contribution is 2.24. The number of nitrogens with zero attached hydrogens (tertiary/aromatic N) is 2. The van der Waals surface area contributed by atoms with Crippen LogP contribution >= 0.6 is 0 Å². The van der Waals surface area contributed by atoms with E-state index in [1.54, 1.807) is 0 Å². The molecule has 7 nitrogen and oxygen atoms in total. The van der Waals surface area contributed by atoms with Gasteiger partial charge >= 0.3 is 0 Å². The van der Waals surface area contributed by atoms with Gasteiger partial charge in [-0.3, -0.25) is 9.59 Å². The smallest absolute Gasteiger partial charge is 0.259 e. The lowest BCUT2D eigenvalue weighted by Crippen LogP contribution is -2.17. The molecule has 0 bridgehead atoms. The standard InChI is InChI=1S/C23H14F2N4O3/c1-32-21-7-4-13(22(30)28-19-9-16(24)5-2-14(19)11-26)8-18(21)23(31)29-20-10-17(25)6-3-15(20)12-27/h2-10H,1H3,(H,28,30)(H,29,31). The van der Waals surface area contributed by atoms with Gasteiger partial charge in [0.1, 0.15) is 29.5 Å². The molecule has 3 rings (SSSR count). The summed E-state index contributed by atoms with van der Waals surface area (Å²) in [5, 5.41) is 23.2. The van der Waals surface area contributed by atoms with Crippen LogP contribution in [0, 0.1) is 34.3 Å². The fourth-order valence-electron chi connectivity index (χ4n) is 2.85. The molecule has 3 aromatic carbocycles. The molecular formula is C23H14F2N4O3. The second kappa shape index (κ2) is 9.37. The first kappa shape index (κ1) is 21.9. The summed E-state index contributed by atoms with van der Waals surface area (Å²) in [5.41, 5.74) is -0.0217. The van der Waals surface area contributed by atoms with Crippen molar-refractivity contribution in [1.82, 2.24) is 0 Å². The van der Waals surface area contributed by atoms with Gasteiger partial charge in [0.2, 0.25) is 0 Å². The van der Waals surface area contributed by atoms with Gasteiger partial charge in [0.15, 0.2) is 0 Å². The van der Waals surface area contributed by atoms with E-state index in [4.69, 9.17) is 15.3 Å². The van der Waals surface area contributed by atoms with Crippen LogP contribution in [0.4, 0.5) is 20.2 Å². The van der Waals surface area contributed by atoms with Gasteiger partial charge in [0.05, 0.1) is 35.2 Å². The Morgan fingerprint density at radius 2 is 1.34 bits per heavy atom. The summed E-state index contributed by atoms with van der Waals surface area (Å²) in [6.07, 6.45) is 0. The van der Waals surface area contributed by atoms with Crippen molar-refractivity contribution >= 4 is 23.2 Å². The van der Waals surface area contributed by atoms with Gasteiger partial charge in [-0.25, -0.2) is 8.78 Å². The first-order valence-electron chi connectivity index (χ1n) is 9.06. The van der Waals surface area contributed by atoms with Crippen LogP contribution in [0.15, 0.2) is 54.6 Å². The van der Waals surface area contributed by atoms with E-state index in [1.807, 2.05) is 12.1 Å². The molecule has 0 aliphatic rings. The highest BCUT2D eigenvalue weighted by Gasteiger charge is 2.18. The molecule has 9 heteroatoms. The predicted octanol–water partition coefficient (Wildman–Crippen LogP) is 4.22. The summed E-state index contributed by atoms with van der Waals surface area (Å²) < 4.78 is 32.2. The Bertz CT molecular complexity index is 1310. The minimum absolute atomic E-state index is 0.0175. The van der Waals surface area contributed by atoms with Crippen molar-refractivity contribution in [3.8, 4) is 17.9 Å². The molecule has 0 atom stereocenters. The van der Waals surface area contributed by atoms with Crippen LogP contribution in [0.25, 0.3) is 0 Å². The Balaban J connectivity index is 1.92. The van der Waals surface area contributed by atoms with E-state index >= 15 is 0 Å². The predicted molar refractivity (Wildman–Crippen MR) is 111 cm³/mol. The second-order valence-corrected chi connectivity index (χ2v) is 6.43. The van der Waals surface area contributed by atoms with Crippen molar-refractivity contribution in [3.63, 3.8) is 0 Å². The summed E-state index contributed by atoms with van der Waals surface area (Å²) in [6.45, 7) is 0. The Morgan fingerprint density at radius 3 is 1.84 bits per heavy atom. The Hall–Kier alpha value is -4.76. The lowest BCUT2D eigenvalue weighted by Gasteiger charge is -2.13. The summed E-state index contributed by atoms with van der Waals surface area (Å²) in [6, 6.07) is 14.3. The van der Waals surface area contributed by atoms with E-state index < -0.39 is 23.4 Å². The largest absolute Gasteiger partial charge is 0.496 e. The highest BCUT2D eigenvalue weighted by molar-refractivity contribution is 6.10. The van der Waals surface area contributed by atoms with Crippen molar-refractivity contribution in [2.45, 2.75) is 0 Å². The van der Waals surface area contributed by atoms with Gasteiger partial charge in [-0.1, -0.05) is 0 Å². The van der Waals surface area contributed by atoms with Gasteiger partial charge in [-0.15, -0.1) is 0 Å². The van der Waals surface area contributed by atoms with Crippen LogP contribution in [0.1, 0.15) is 31.8 Å². The molecule has 0 unspecified atom stereocenters. The maximum atomic E-state index is 13.6. The SMILES string of the molecule is COc1ccc(C(=O)Nc2cc(F)ccc2C#N)cc1C(=O)Nc1cc(F)ccc1C#N. The number of amides is 2. The van der Waals surface area contributed by atoms with E-state index in [9.17, 15) is 18.4 Å². The number of nitrogens with one attached hydrogen (secondary N) is 2. The minimum Gasteiger partial charge on any atom is -0.496 e. The number of carbonyl (C=O) groups excluding carboxylic acids is 2. The number of carbonyl (C=O) groups is 2. The maximum absolute atomic E-state index is 13.6. The van der Waals surface area contributed by atoms with Crippen LogP contribution in [0.5, 0.6) is 5.75 Å². The molecule has 0 saturated heterocycles. The number of methoxy groups -OCH3 is 1. The zero-order chi connectivity index (χ0) is 23.3. The molecule has 0 saturated carbocycles. The first-order chi connectivity index (χ1) is 15.4. The average Bonchev–Trinajstić information content (AvgIpc) is 2.79. The van der Waals surface area contributed by atoms with E-state index in [-0.39, 0.29) is 39.4 Å². The van der Waals surface area contributed by atoms with Gasteiger partial charge in [-0.05, 0) is 54.6 Å². The Morgan fingerprint density at radius 1 is 0.812 bits per heavy atom. The van der Waals surface area contributed by atoms with Crippen molar-refractivity contribution in [1.29, 1.82) is 10.5 Å². The number of halogens is 2. The number of hydrogen-bond donors (Lipinski definition) is 2. The topological polar surface area (TPSA) is 115 Å². The Kier molecular flexibility index (Phi) is 6.42. The van der Waals surface area contributed by atoms with Gasteiger partial charge < -0.3 is 15.4 Å². The number of nitriles is 2. The van der Waals surface area contributed by atoms with Gasteiger partial charge in [-0.2, -0.15) is 10.5 Å². The van der Waals surface area contributed by atoms with Gasteiger partial charge in [0, 0.05) is 5.56 Å². The molecule has 0 aliphatic carbocycles. The van der Waals surface area contributed by atoms with Crippen molar-refractivity contribution in [2.24, 2.45) is 0 Å². The molecule has 2 N–H and O–H groups in total.